The average molecular weight is 292 g/mol. The lowest BCUT2D eigenvalue weighted by molar-refractivity contribution is 0.0698. The molecular formula is C16H24N2O3. The van der Waals surface area contributed by atoms with Crippen LogP contribution in [-0.4, -0.2) is 35.1 Å². The number of urea groups is 1. The van der Waals surface area contributed by atoms with Gasteiger partial charge in [0.15, 0.2) is 0 Å². The molecule has 21 heavy (non-hydrogen) atoms. The third kappa shape index (κ3) is 4.48. The summed E-state index contributed by atoms with van der Waals surface area (Å²) in [6.45, 7) is 8.98. The fraction of sp³-hybridized carbons (Fsp3) is 0.500. The van der Waals surface area contributed by atoms with Crippen LogP contribution in [0.1, 0.15) is 48.2 Å². The fourth-order valence-electron chi connectivity index (χ4n) is 2.34. The van der Waals surface area contributed by atoms with Crippen molar-refractivity contribution < 1.29 is 14.7 Å². The zero-order valence-electron chi connectivity index (χ0n) is 13.2. The maximum absolute atomic E-state index is 12.3. The van der Waals surface area contributed by atoms with Crippen LogP contribution in [0.2, 0.25) is 0 Å². The number of rotatable bonds is 6. The summed E-state index contributed by atoms with van der Waals surface area (Å²) in [6, 6.07) is 3.20. The molecule has 1 rings (SSSR count). The number of amides is 2. The topological polar surface area (TPSA) is 69.6 Å². The fourth-order valence-corrected chi connectivity index (χ4v) is 2.34. The highest BCUT2D eigenvalue weighted by Gasteiger charge is 2.18. The van der Waals surface area contributed by atoms with Crippen LogP contribution in [-0.2, 0) is 0 Å². The van der Waals surface area contributed by atoms with E-state index in [4.69, 9.17) is 0 Å². The summed E-state index contributed by atoms with van der Waals surface area (Å²) in [5, 5.41) is 12.1. The molecule has 116 valence electrons. The maximum atomic E-state index is 12.3. The van der Waals surface area contributed by atoms with E-state index in [0.717, 1.165) is 24.0 Å². The first-order valence-electron chi connectivity index (χ1n) is 7.31. The number of carboxylic acids is 1. The molecular weight excluding hydrogens is 268 g/mol. The number of nitrogens with zero attached hydrogens (tertiary/aromatic N) is 1. The van der Waals surface area contributed by atoms with Gasteiger partial charge in [-0.1, -0.05) is 19.9 Å². The number of hydrogen-bond acceptors (Lipinski definition) is 2. The van der Waals surface area contributed by atoms with Crippen LogP contribution in [0.25, 0.3) is 0 Å². The van der Waals surface area contributed by atoms with Crippen molar-refractivity contribution in [3.63, 3.8) is 0 Å². The van der Waals surface area contributed by atoms with E-state index in [-0.39, 0.29) is 11.6 Å². The smallest absolute Gasteiger partial charge is 0.337 e. The summed E-state index contributed by atoms with van der Waals surface area (Å²) < 4.78 is 0. The second-order valence-corrected chi connectivity index (χ2v) is 5.23. The monoisotopic (exact) mass is 292 g/mol. The number of hydrogen-bond donors (Lipinski definition) is 2. The Morgan fingerprint density at radius 3 is 2.19 bits per heavy atom. The van der Waals surface area contributed by atoms with E-state index in [1.165, 1.54) is 0 Å². The first-order valence-corrected chi connectivity index (χ1v) is 7.31. The lowest BCUT2D eigenvalue weighted by Gasteiger charge is -2.23. The minimum atomic E-state index is -1.03. The number of benzene rings is 1. The third-order valence-corrected chi connectivity index (χ3v) is 3.22. The van der Waals surface area contributed by atoms with Crippen LogP contribution in [0.5, 0.6) is 0 Å². The predicted molar refractivity (Wildman–Crippen MR) is 84.0 cm³/mol. The number of nitrogens with one attached hydrogen (secondary N) is 1. The first kappa shape index (κ1) is 17.0. The quantitative estimate of drug-likeness (QED) is 0.840. The summed E-state index contributed by atoms with van der Waals surface area (Å²) in [5.41, 5.74) is 2.14. The van der Waals surface area contributed by atoms with E-state index in [2.05, 4.69) is 5.32 Å². The molecule has 1 aromatic carbocycles. The predicted octanol–water partition coefficient (Wildman–Crippen LogP) is 3.66. The highest BCUT2D eigenvalue weighted by molar-refractivity contribution is 6.01. The molecule has 0 bridgehead atoms. The van der Waals surface area contributed by atoms with Gasteiger partial charge >= 0.3 is 12.0 Å². The molecule has 5 heteroatoms. The number of carbonyl (C=O) groups is 2. The van der Waals surface area contributed by atoms with Gasteiger partial charge in [-0.2, -0.15) is 0 Å². The molecule has 0 spiro atoms. The van der Waals surface area contributed by atoms with Gasteiger partial charge in [-0.25, -0.2) is 9.59 Å². The van der Waals surface area contributed by atoms with Crippen LogP contribution in [0.3, 0.4) is 0 Å². The summed E-state index contributed by atoms with van der Waals surface area (Å²) in [4.78, 5) is 25.4. The Kier molecular flexibility index (Phi) is 6.21. The molecule has 0 saturated carbocycles. The van der Waals surface area contributed by atoms with E-state index in [9.17, 15) is 14.7 Å². The van der Waals surface area contributed by atoms with E-state index in [0.29, 0.717) is 18.8 Å². The lowest BCUT2D eigenvalue weighted by atomic mass is 10.0. The molecule has 0 aliphatic rings. The van der Waals surface area contributed by atoms with Crippen molar-refractivity contribution in [2.75, 3.05) is 18.4 Å². The van der Waals surface area contributed by atoms with Crippen LogP contribution >= 0.6 is 0 Å². The highest BCUT2D eigenvalue weighted by Crippen LogP contribution is 2.23. The molecule has 0 aliphatic carbocycles. The van der Waals surface area contributed by atoms with E-state index in [1.54, 1.807) is 17.9 Å². The van der Waals surface area contributed by atoms with Gasteiger partial charge in [-0.3, -0.25) is 0 Å². The molecule has 5 nitrogen and oxygen atoms in total. The van der Waals surface area contributed by atoms with Gasteiger partial charge in [-0.05, 0) is 43.9 Å². The maximum Gasteiger partial charge on any atom is 0.337 e. The third-order valence-electron chi connectivity index (χ3n) is 3.22. The molecule has 2 N–H and O–H groups in total. The Bertz CT molecular complexity index is 520. The molecule has 0 heterocycles. The Labute approximate surface area is 126 Å². The van der Waals surface area contributed by atoms with Crippen molar-refractivity contribution >= 4 is 17.7 Å². The largest absolute Gasteiger partial charge is 0.478 e. The van der Waals surface area contributed by atoms with E-state index in [1.807, 2.05) is 26.8 Å². The van der Waals surface area contributed by atoms with E-state index >= 15 is 0 Å². The summed E-state index contributed by atoms with van der Waals surface area (Å²) in [6.07, 6.45) is 1.73. The van der Waals surface area contributed by atoms with Gasteiger partial charge in [0, 0.05) is 13.1 Å². The van der Waals surface area contributed by atoms with Gasteiger partial charge in [-0.15, -0.1) is 0 Å². The van der Waals surface area contributed by atoms with Crippen molar-refractivity contribution in [2.24, 2.45) is 0 Å². The molecule has 0 unspecified atom stereocenters. The summed E-state index contributed by atoms with van der Waals surface area (Å²) in [7, 11) is 0. The molecule has 0 aromatic heterocycles. The van der Waals surface area contributed by atoms with Gasteiger partial charge in [0.2, 0.25) is 0 Å². The molecule has 1 aromatic rings. The summed E-state index contributed by atoms with van der Waals surface area (Å²) in [5.74, 6) is -1.03. The molecule has 0 saturated heterocycles. The van der Waals surface area contributed by atoms with E-state index < -0.39 is 5.97 Å². The molecule has 0 radical (unpaired) electrons. The van der Waals surface area contributed by atoms with Gasteiger partial charge in [0.1, 0.15) is 0 Å². The number of aryl methyl sites for hydroxylation is 2. The zero-order chi connectivity index (χ0) is 16.0. The molecule has 0 aliphatic heterocycles. The first-order chi connectivity index (χ1) is 9.90. The Balaban J connectivity index is 3.06. The van der Waals surface area contributed by atoms with Crippen molar-refractivity contribution in [3.05, 3.63) is 28.8 Å². The number of carboxylic acid groups (broad SMARTS) is 1. The standard InChI is InChI=1S/C16H24N2O3/c1-5-7-18(8-6-2)16(21)17-14-12(4)9-11(3)10-13(14)15(19)20/h9-10H,5-8H2,1-4H3,(H,17,21)(H,19,20). The normalized spacial score (nSPS) is 10.3. The Morgan fingerprint density at radius 2 is 1.71 bits per heavy atom. The second-order valence-electron chi connectivity index (χ2n) is 5.23. The number of anilines is 1. The van der Waals surface area contributed by atoms with Crippen LogP contribution in [0, 0.1) is 13.8 Å². The van der Waals surface area contributed by atoms with Gasteiger partial charge < -0.3 is 15.3 Å². The minimum absolute atomic E-state index is 0.133. The highest BCUT2D eigenvalue weighted by atomic mass is 16.4. The van der Waals surface area contributed by atoms with Crippen molar-refractivity contribution in [3.8, 4) is 0 Å². The molecule has 0 fully saturated rings. The summed E-state index contributed by atoms with van der Waals surface area (Å²) >= 11 is 0. The van der Waals surface area contributed by atoms with Gasteiger partial charge in [0.05, 0.1) is 11.3 Å². The molecule has 0 atom stereocenters. The SMILES string of the molecule is CCCN(CCC)C(=O)Nc1c(C)cc(C)cc1C(=O)O. The van der Waals surface area contributed by atoms with Gasteiger partial charge in [0.25, 0.3) is 0 Å². The van der Waals surface area contributed by atoms with Crippen molar-refractivity contribution in [1.29, 1.82) is 0 Å². The van der Waals surface area contributed by atoms with Crippen LogP contribution in [0.4, 0.5) is 10.5 Å². The Hall–Kier alpha value is -2.04. The minimum Gasteiger partial charge on any atom is -0.478 e. The number of carbonyl (C=O) groups excluding carboxylic acids is 1. The lowest BCUT2D eigenvalue weighted by Crippen LogP contribution is -2.36. The van der Waals surface area contributed by atoms with Crippen molar-refractivity contribution in [1.82, 2.24) is 4.90 Å². The zero-order valence-corrected chi connectivity index (χ0v) is 13.2. The average Bonchev–Trinajstić information content (AvgIpc) is 2.40. The van der Waals surface area contributed by atoms with Crippen molar-refractivity contribution in [2.45, 2.75) is 40.5 Å². The number of aromatic carboxylic acids is 1. The molecule has 2 amide bonds. The van der Waals surface area contributed by atoms with Crippen LogP contribution < -0.4 is 5.32 Å². The Morgan fingerprint density at radius 1 is 1.14 bits per heavy atom. The van der Waals surface area contributed by atoms with Crippen LogP contribution in [0.15, 0.2) is 12.1 Å². The second kappa shape index (κ2) is 7.67.